The zero-order chi connectivity index (χ0) is 30.1. The van der Waals surface area contributed by atoms with Crippen LogP contribution in [0.15, 0.2) is 0 Å². The molecular formula is C31H53NO8Si. The van der Waals surface area contributed by atoms with Crippen molar-refractivity contribution in [2.45, 2.75) is 114 Å². The second-order valence-electron chi connectivity index (χ2n) is 15.2. The number of likely N-dealkylation sites (tertiary alicyclic amines) is 1. The molecule has 1 spiro atoms. The minimum atomic E-state index is -2.25. The van der Waals surface area contributed by atoms with Gasteiger partial charge in [-0.25, -0.2) is 0 Å². The van der Waals surface area contributed by atoms with Crippen LogP contribution < -0.4 is 0 Å². The summed E-state index contributed by atoms with van der Waals surface area (Å²) < 4.78 is 32.8. The lowest BCUT2D eigenvalue weighted by Gasteiger charge is -2.71. The molecule has 6 aliphatic rings. The summed E-state index contributed by atoms with van der Waals surface area (Å²) in [7, 11) is 2.93. The molecule has 0 aromatic rings. The summed E-state index contributed by atoms with van der Waals surface area (Å²) in [6, 6.07) is -0.0553. The first-order valence-corrected chi connectivity index (χ1v) is 19.2. The van der Waals surface area contributed by atoms with Crippen LogP contribution in [0.2, 0.25) is 19.6 Å². The summed E-state index contributed by atoms with van der Waals surface area (Å²) in [5, 5.41) is 25.2. The van der Waals surface area contributed by atoms with Gasteiger partial charge in [0.15, 0.2) is 13.9 Å². The minimum Gasteiger partial charge on any atom is -0.455 e. The molecule has 10 heteroatoms. The Morgan fingerprint density at radius 2 is 1.71 bits per heavy atom. The molecule has 5 saturated carbocycles. The topological polar surface area (TPSA) is 107 Å². The zero-order valence-corrected chi connectivity index (χ0v) is 27.7. The first-order valence-electron chi connectivity index (χ1n) is 15.8. The van der Waals surface area contributed by atoms with Crippen LogP contribution >= 0.6 is 0 Å². The van der Waals surface area contributed by atoms with E-state index in [2.05, 4.69) is 45.3 Å². The lowest BCUT2D eigenvalue weighted by molar-refractivity contribution is -0.317. The molecule has 1 saturated heterocycles. The summed E-state index contributed by atoms with van der Waals surface area (Å²) in [6.45, 7) is 16.4. The molecule has 234 valence electrons. The number of nitrogens with zero attached hydrogens (tertiary/aromatic N) is 1. The third-order valence-corrected chi connectivity index (χ3v) is 14.1. The number of esters is 1. The molecule has 0 radical (unpaired) electrons. The van der Waals surface area contributed by atoms with Crippen LogP contribution in [0.3, 0.4) is 0 Å². The van der Waals surface area contributed by atoms with E-state index in [-0.39, 0.29) is 46.8 Å². The predicted molar refractivity (Wildman–Crippen MR) is 155 cm³/mol. The van der Waals surface area contributed by atoms with Crippen LogP contribution in [-0.2, 0) is 28.2 Å². The number of hydrogen-bond acceptors (Lipinski definition) is 9. The number of rotatable bonds is 8. The van der Waals surface area contributed by atoms with Crippen molar-refractivity contribution in [1.82, 2.24) is 4.90 Å². The van der Waals surface area contributed by atoms with Crippen molar-refractivity contribution < 1.29 is 38.4 Å². The van der Waals surface area contributed by atoms with Gasteiger partial charge in [-0.1, -0.05) is 20.8 Å². The second-order valence-corrected chi connectivity index (χ2v) is 19.6. The Labute approximate surface area is 246 Å². The molecule has 41 heavy (non-hydrogen) atoms. The van der Waals surface area contributed by atoms with E-state index >= 15 is 0 Å². The first-order chi connectivity index (χ1) is 19.2. The van der Waals surface area contributed by atoms with Gasteiger partial charge in [0, 0.05) is 64.0 Å². The SMILES string of the molecule is CCN1CC2(CC)C3C(OC)C4C1C3(C(OC)C[C@H]2C)[C@H]1C[C@@]2(O[Si](C)(C)C)C(O)C1[C@]4(OC(C)=O)[C@@H](O)[C@@H]2OC. The molecule has 7 bridgehead atoms. The van der Waals surface area contributed by atoms with E-state index in [9.17, 15) is 15.0 Å². The molecule has 2 N–H and O–H groups in total. The van der Waals surface area contributed by atoms with Crippen molar-refractivity contribution >= 4 is 14.3 Å². The third kappa shape index (κ3) is 3.29. The predicted octanol–water partition coefficient (Wildman–Crippen LogP) is 2.68. The number of carbonyl (C=O) groups is 1. The van der Waals surface area contributed by atoms with E-state index in [1.165, 1.54) is 6.92 Å². The fraction of sp³-hybridized carbons (Fsp3) is 0.968. The monoisotopic (exact) mass is 595 g/mol. The van der Waals surface area contributed by atoms with Gasteiger partial charge in [-0.05, 0) is 62.7 Å². The summed E-state index contributed by atoms with van der Waals surface area (Å²) >= 11 is 0. The molecule has 9 nitrogen and oxygen atoms in total. The molecule has 1 heterocycles. The Morgan fingerprint density at radius 1 is 1.02 bits per heavy atom. The Morgan fingerprint density at radius 3 is 2.22 bits per heavy atom. The van der Waals surface area contributed by atoms with Crippen LogP contribution in [0.5, 0.6) is 0 Å². The van der Waals surface area contributed by atoms with Crippen molar-refractivity contribution in [3.63, 3.8) is 0 Å². The molecule has 6 rings (SSSR count). The van der Waals surface area contributed by atoms with Crippen LogP contribution in [0.1, 0.15) is 47.0 Å². The number of piperidine rings is 1. The summed E-state index contributed by atoms with van der Waals surface area (Å²) in [5.74, 6) is -1.00. The maximum atomic E-state index is 13.1. The van der Waals surface area contributed by atoms with Gasteiger partial charge in [0.05, 0.1) is 18.3 Å². The number of fused-ring (bicyclic) bond motifs is 2. The smallest absolute Gasteiger partial charge is 0.303 e. The average molecular weight is 596 g/mol. The van der Waals surface area contributed by atoms with Gasteiger partial charge in [0.25, 0.3) is 0 Å². The molecule has 0 amide bonds. The van der Waals surface area contributed by atoms with Gasteiger partial charge in [-0.15, -0.1) is 0 Å². The van der Waals surface area contributed by atoms with Crippen LogP contribution in [0.4, 0.5) is 0 Å². The highest BCUT2D eigenvalue weighted by atomic mass is 28.4. The van der Waals surface area contributed by atoms with Crippen molar-refractivity contribution in [1.29, 1.82) is 0 Å². The quantitative estimate of drug-likeness (QED) is 0.324. The molecule has 15 atom stereocenters. The molecule has 9 unspecified atom stereocenters. The summed E-state index contributed by atoms with van der Waals surface area (Å²) in [5.41, 5.74) is -2.93. The molecule has 0 aromatic heterocycles. The van der Waals surface area contributed by atoms with Crippen LogP contribution in [0, 0.1) is 40.4 Å². The zero-order valence-electron chi connectivity index (χ0n) is 26.7. The maximum absolute atomic E-state index is 13.1. The van der Waals surface area contributed by atoms with E-state index in [0.29, 0.717) is 12.3 Å². The van der Waals surface area contributed by atoms with E-state index in [4.69, 9.17) is 23.4 Å². The lowest BCUT2D eigenvalue weighted by atomic mass is 9.40. The van der Waals surface area contributed by atoms with E-state index < -0.39 is 49.7 Å². The Hall–Kier alpha value is -0.593. The molecular weight excluding hydrogens is 542 g/mol. The van der Waals surface area contributed by atoms with E-state index in [1.807, 2.05) is 7.11 Å². The normalized spacial score (nSPS) is 55.3. The largest absolute Gasteiger partial charge is 0.455 e. The highest BCUT2D eigenvalue weighted by molar-refractivity contribution is 6.69. The van der Waals surface area contributed by atoms with Crippen molar-refractivity contribution in [2.75, 3.05) is 34.4 Å². The Kier molecular flexibility index (Phi) is 7.02. The van der Waals surface area contributed by atoms with E-state index in [1.54, 1.807) is 14.2 Å². The van der Waals surface area contributed by atoms with Crippen LogP contribution in [0.25, 0.3) is 0 Å². The molecule has 5 aliphatic carbocycles. The number of methoxy groups -OCH3 is 3. The van der Waals surface area contributed by atoms with Gasteiger partial charge < -0.3 is 33.6 Å². The van der Waals surface area contributed by atoms with Gasteiger partial charge in [-0.3, -0.25) is 9.69 Å². The lowest BCUT2D eigenvalue weighted by Crippen LogP contribution is -2.81. The Balaban J connectivity index is 1.72. The van der Waals surface area contributed by atoms with Gasteiger partial charge in [-0.2, -0.15) is 0 Å². The van der Waals surface area contributed by atoms with E-state index in [0.717, 1.165) is 25.9 Å². The fourth-order valence-electron chi connectivity index (χ4n) is 12.6. The number of aliphatic hydroxyl groups is 2. The Bertz CT molecular complexity index is 1070. The maximum Gasteiger partial charge on any atom is 0.303 e. The number of aliphatic hydroxyl groups excluding tert-OH is 2. The van der Waals surface area contributed by atoms with Crippen molar-refractivity contribution in [2.24, 2.45) is 40.4 Å². The standard InChI is InChI=1S/C31H53NO8Si/c1-11-28-15-32(12-2)24-21-22(37-6)23(28)30(24,19(36-5)13-16(28)3)18-14-29(40-41(8,9)10)25(34)20(18)31(21,39-17(4)33)26(35)27(29)38-7/h16,18-27,34-35H,11-15H2,1-10H3/t16-,18+,19?,20?,21?,22?,23?,24?,25?,26+,27+,28?,29-,30?,31-/m1/s1. The summed E-state index contributed by atoms with van der Waals surface area (Å²) in [6.07, 6.45) is -0.963. The van der Waals surface area contributed by atoms with Crippen molar-refractivity contribution in [3.05, 3.63) is 0 Å². The van der Waals surface area contributed by atoms with Crippen LogP contribution in [-0.4, -0.2) is 112 Å². The fourth-order valence-corrected chi connectivity index (χ4v) is 14.0. The van der Waals surface area contributed by atoms with Gasteiger partial charge >= 0.3 is 5.97 Å². The number of hydrogen-bond donors (Lipinski definition) is 2. The van der Waals surface area contributed by atoms with Gasteiger partial charge in [0.1, 0.15) is 17.8 Å². The molecule has 1 aliphatic heterocycles. The number of ether oxygens (including phenoxy) is 4. The third-order valence-electron chi connectivity index (χ3n) is 13.1. The first kappa shape index (κ1) is 30.4. The number of carbonyl (C=O) groups excluding carboxylic acids is 1. The molecule has 6 fully saturated rings. The highest BCUT2D eigenvalue weighted by Gasteiger charge is 2.91. The summed E-state index contributed by atoms with van der Waals surface area (Å²) in [4.78, 5) is 15.7. The molecule has 0 aromatic carbocycles. The minimum absolute atomic E-state index is 0.0472. The van der Waals surface area contributed by atoms with Gasteiger partial charge in [0.2, 0.25) is 0 Å². The highest BCUT2D eigenvalue weighted by Crippen LogP contribution is 2.81. The van der Waals surface area contributed by atoms with Crippen molar-refractivity contribution in [3.8, 4) is 0 Å². The average Bonchev–Trinajstić information content (AvgIpc) is 3.25. The second kappa shape index (κ2) is 9.46.